The molecule has 0 spiro atoms. The molecule has 0 aliphatic rings. The molecule has 2 rings (SSSR count). The summed E-state index contributed by atoms with van der Waals surface area (Å²) in [5.41, 5.74) is -1.33. The van der Waals surface area contributed by atoms with Crippen molar-refractivity contribution >= 4 is 23.2 Å². The largest absolute Gasteiger partial charge is 0.460 e. The van der Waals surface area contributed by atoms with Gasteiger partial charge in [0.2, 0.25) is 0 Å². The van der Waals surface area contributed by atoms with Crippen molar-refractivity contribution in [1.29, 1.82) is 0 Å². The van der Waals surface area contributed by atoms with E-state index in [2.05, 4.69) is 0 Å². The van der Waals surface area contributed by atoms with Crippen molar-refractivity contribution in [3.63, 3.8) is 0 Å². The topological polar surface area (TPSA) is 67.4 Å². The Kier molecular flexibility index (Phi) is 8.11. The molecule has 0 aliphatic carbocycles. The highest BCUT2D eigenvalue weighted by Gasteiger charge is 2.77. The lowest BCUT2D eigenvalue weighted by Gasteiger charge is -2.27. The Hall–Kier alpha value is -3.80. The van der Waals surface area contributed by atoms with Gasteiger partial charge in [-0.3, -0.25) is 9.59 Å². The normalized spacial score (nSPS) is 13.6. The highest BCUT2D eigenvalue weighted by Crippen LogP contribution is 2.48. The van der Waals surface area contributed by atoms with Crippen LogP contribution in [0.25, 0.3) is 0 Å². The number of rotatable bonds is 8. The minimum atomic E-state index is -6.74. The predicted octanol–water partition coefficient (Wildman–Crippen LogP) is 7.02. The van der Waals surface area contributed by atoms with Gasteiger partial charge in [-0.15, -0.1) is 0 Å². The number of ether oxygens (including phenoxy) is 1. The van der Waals surface area contributed by atoms with Gasteiger partial charge in [-0.2, -0.15) is 61.5 Å². The Labute approximate surface area is 206 Å². The number of alkyl halides is 14. The molecule has 19 heteroatoms. The zero-order valence-electron chi connectivity index (χ0n) is 18.1. The first-order valence-electron chi connectivity index (χ1n) is 9.60. The van der Waals surface area contributed by atoms with Gasteiger partial charge in [0, 0.05) is 11.4 Å². The SMILES string of the molecule is O=C(Nc1ccc(Oc2ccc(NC(=O)C(F)(F)C(F)(F)C(F)(F)F)cc2)cc1)C(F)(F)C(F)(F)C(F)(F)F. The van der Waals surface area contributed by atoms with Gasteiger partial charge in [0.05, 0.1) is 0 Å². The predicted molar refractivity (Wildman–Crippen MR) is 102 cm³/mol. The van der Waals surface area contributed by atoms with Crippen LogP contribution in [0.15, 0.2) is 48.5 Å². The molecule has 216 valence electrons. The zero-order chi connectivity index (χ0) is 30.2. The molecule has 39 heavy (non-hydrogen) atoms. The molecule has 5 nitrogen and oxygen atoms in total. The number of amides is 2. The van der Waals surface area contributed by atoms with Crippen molar-refractivity contribution in [3.05, 3.63) is 48.5 Å². The van der Waals surface area contributed by atoms with Crippen molar-refractivity contribution in [2.24, 2.45) is 0 Å². The molecule has 0 radical (unpaired) electrons. The van der Waals surface area contributed by atoms with Crippen LogP contribution in [0.2, 0.25) is 0 Å². The van der Waals surface area contributed by atoms with E-state index in [1.165, 1.54) is 0 Å². The third-order valence-corrected chi connectivity index (χ3v) is 4.53. The molecule has 0 saturated heterocycles. The molecule has 0 aliphatic heterocycles. The second-order valence-electron chi connectivity index (χ2n) is 7.35. The molecule has 0 unspecified atom stereocenters. The van der Waals surface area contributed by atoms with Crippen LogP contribution >= 0.6 is 0 Å². The van der Waals surface area contributed by atoms with Gasteiger partial charge in [-0.05, 0) is 48.5 Å². The molecule has 0 fully saturated rings. The maximum Gasteiger partial charge on any atom is 0.460 e. The van der Waals surface area contributed by atoms with Crippen molar-refractivity contribution in [2.75, 3.05) is 10.6 Å². The van der Waals surface area contributed by atoms with E-state index in [0.29, 0.717) is 0 Å². The standard InChI is InChI=1S/C20H10F14N2O3/c21-15(22,17(25,26)19(29,30)31)13(37)35-9-1-5-11(6-2-9)39-12-7-3-10(4-8-12)36-14(38)16(23,24)18(27,28)20(32,33)34/h1-8H,(H,35,37)(H,36,38). The third kappa shape index (κ3) is 6.11. The summed E-state index contributed by atoms with van der Waals surface area (Å²) in [5.74, 6) is -32.1. The number of benzene rings is 2. The van der Waals surface area contributed by atoms with Gasteiger partial charge >= 0.3 is 47.9 Å². The van der Waals surface area contributed by atoms with Crippen LogP contribution in [0.5, 0.6) is 11.5 Å². The molecule has 2 amide bonds. The Bertz CT molecular complexity index is 1100. The average Bonchev–Trinajstić information content (AvgIpc) is 2.79. The Morgan fingerprint density at radius 1 is 0.487 bits per heavy atom. The molecule has 0 bridgehead atoms. The number of hydrogen-bond acceptors (Lipinski definition) is 3. The van der Waals surface area contributed by atoms with Crippen molar-refractivity contribution in [2.45, 2.75) is 36.0 Å². The van der Waals surface area contributed by atoms with Gasteiger partial charge in [-0.25, -0.2) is 0 Å². The second-order valence-corrected chi connectivity index (χ2v) is 7.35. The molecule has 0 heterocycles. The van der Waals surface area contributed by atoms with E-state index >= 15 is 0 Å². The number of carbonyl (C=O) groups excluding carboxylic acids is 2. The third-order valence-electron chi connectivity index (χ3n) is 4.53. The molecule has 0 saturated carbocycles. The number of carbonyl (C=O) groups is 2. The highest BCUT2D eigenvalue weighted by atomic mass is 19.4. The van der Waals surface area contributed by atoms with Crippen LogP contribution in [0.3, 0.4) is 0 Å². The zero-order valence-corrected chi connectivity index (χ0v) is 18.1. The van der Waals surface area contributed by atoms with Crippen molar-refractivity contribution in [1.82, 2.24) is 0 Å². The van der Waals surface area contributed by atoms with Crippen molar-refractivity contribution < 1.29 is 75.8 Å². The molecule has 2 aromatic carbocycles. The fourth-order valence-corrected chi connectivity index (χ4v) is 2.41. The average molecular weight is 592 g/mol. The van der Waals surface area contributed by atoms with E-state index < -0.39 is 59.2 Å². The maximum absolute atomic E-state index is 13.4. The Morgan fingerprint density at radius 2 is 0.744 bits per heavy atom. The number of nitrogens with one attached hydrogen (secondary N) is 2. The Morgan fingerprint density at radius 3 is 0.974 bits per heavy atom. The van der Waals surface area contributed by atoms with E-state index in [0.717, 1.165) is 59.2 Å². The van der Waals surface area contributed by atoms with Gasteiger partial charge in [0.25, 0.3) is 0 Å². The molecule has 0 aromatic heterocycles. The smallest absolute Gasteiger partial charge is 0.457 e. The number of halogens is 14. The lowest BCUT2D eigenvalue weighted by atomic mass is 10.1. The lowest BCUT2D eigenvalue weighted by Crippen LogP contribution is -2.57. The van der Waals surface area contributed by atoms with Gasteiger partial charge in [-0.1, -0.05) is 0 Å². The summed E-state index contributed by atoms with van der Waals surface area (Å²) in [6.45, 7) is 0. The van der Waals surface area contributed by atoms with Crippen LogP contribution in [-0.4, -0.2) is 47.9 Å². The summed E-state index contributed by atoms with van der Waals surface area (Å²) in [6.07, 6.45) is -13.5. The number of hydrogen-bond donors (Lipinski definition) is 2. The molecular weight excluding hydrogens is 582 g/mol. The lowest BCUT2D eigenvalue weighted by molar-refractivity contribution is -0.343. The van der Waals surface area contributed by atoms with Crippen LogP contribution < -0.4 is 15.4 Å². The molecule has 0 atom stereocenters. The summed E-state index contributed by atoms with van der Waals surface area (Å²) in [4.78, 5) is 22.7. The first-order chi connectivity index (χ1) is 17.4. The maximum atomic E-state index is 13.4. The second kappa shape index (κ2) is 10.1. The molecule has 2 N–H and O–H groups in total. The van der Waals surface area contributed by atoms with E-state index in [1.807, 2.05) is 0 Å². The van der Waals surface area contributed by atoms with E-state index in [4.69, 9.17) is 4.74 Å². The van der Waals surface area contributed by atoms with Gasteiger partial charge in [0.15, 0.2) is 0 Å². The van der Waals surface area contributed by atoms with Crippen LogP contribution in [-0.2, 0) is 9.59 Å². The van der Waals surface area contributed by atoms with Crippen LogP contribution in [0.4, 0.5) is 72.8 Å². The first kappa shape index (κ1) is 31.4. The van der Waals surface area contributed by atoms with Crippen molar-refractivity contribution in [3.8, 4) is 11.5 Å². The van der Waals surface area contributed by atoms with E-state index in [-0.39, 0.29) is 11.5 Å². The summed E-state index contributed by atoms with van der Waals surface area (Å²) in [6, 6.07) is 6.55. The van der Waals surface area contributed by atoms with Gasteiger partial charge in [0.1, 0.15) is 11.5 Å². The van der Waals surface area contributed by atoms with Crippen LogP contribution in [0, 0.1) is 0 Å². The quantitative estimate of drug-likeness (QED) is 0.324. The van der Waals surface area contributed by atoms with E-state index in [9.17, 15) is 71.1 Å². The first-order valence-corrected chi connectivity index (χ1v) is 9.60. The highest BCUT2D eigenvalue weighted by molar-refractivity contribution is 5.97. The molecule has 2 aromatic rings. The van der Waals surface area contributed by atoms with E-state index in [1.54, 1.807) is 0 Å². The summed E-state index contributed by atoms with van der Waals surface area (Å²) in [7, 11) is 0. The fraction of sp³-hybridized carbons (Fsp3) is 0.300. The monoisotopic (exact) mass is 592 g/mol. The number of anilines is 2. The van der Waals surface area contributed by atoms with Crippen LogP contribution in [0.1, 0.15) is 0 Å². The Balaban J connectivity index is 2.06. The van der Waals surface area contributed by atoms with Gasteiger partial charge < -0.3 is 15.4 Å². The minimum Gasteiger partial charge on any atom is -0.457 e. The summed E-state index contributed by atoms with van der Waals surface area (Å²) in [5, 5.41) is 2.32. The minimum absolute atomic E-state index is 0.200. The fourth-order valence-electron chi connectivity index (χ4n) is 2.41. The summed E-state index contributed by atoms with van der Waals surface area (Å²) >= 11 is 0. The molecular formula is C20H10F14N2O3. The summed E-state index contributed by atoms with van der Waals surface area (Å²) < 4.78 is 183.